The van der Waals surface area contributed by atoms with Crippen LogP contribution in [0.5, 0.6) is 0 Å². The highest BCUT2D eigenvalue weighted by Crippen LogP contribution is 2.14. The highest BCUT2D eigenvalue weighted by molar-refractivity contribution is 6.03. The first-order chi connectivity index (χ1) is 13.7. The summed E-state index contributed by atoms with van der Waals surface area (Å²) in [6.07, 6.45) is 13.6. The maximum atomic E-state index is 12.4. The molecule has 0 aromatic heterocycles. The lowest BCUT2D eigenvalue weighted by molar-refractivity contribution is 0.0450. The summed E-state index contributed by atoms with van der Waals surface area (Å²) in [5.41, 5.74) is 0.586. The van der Waals surface area contributed by atoms with Crippen molar-refractivity contribution >= 4 is 20.4 Å². The third-order valence-corrected chi connectivity index (χ3v) is 4.83. The first-order valence-electron chi connectivity index (χ1n) is 11.1. The van der Waals surface area contributed by atoms with E-state index in [0.29, 0.717) is 24.3 Å². The molecule has 0 N–H and O–H groups in total. The van der Waals surface area contributed by atoms with Gasteiger partial charge in [0.25, 0.3) is 0 Å². The van der Waals surface area contributed by atoms with Gasteiger partial charge in [-0.05, 0) is 25.0 Å². The molecule has 29 heavy (non-hydrogen) atoms. The van der Waals surface area contributed by atoms with Gasteiger partial charge in [0.15, 0.2) is 0 Å². The molecular weight excluding hydrogens is 363 g/mol. The number of unbranched alkanes of at least 4 members (excludes halogenated alkanes) is 10. The molecule has 1 aromatic carbocycles. The van der Waals surface area contributed by atoms with Gasteiger partial charge >= 0.3 is 11.9 Å². The first kappa shape index (κ1) is 27.2. The van der Waals surface area contributed by atoms with Gasteiger partial charge in [-0.3, -0.25) is 0 Å². The Labute approximate surface area is 179 Å². The Bertz CT molecular complexity index is 511. The van der Waals surface area contributed by atoms with Crippen LogP contribution in [0, 0.1) is 0 Å². The molecule has 0 fully saturated rings. The van der Waals surface area contributed by atoms with Gasteiger partial charge in [-0.2, -0.15) is 0 Å². The quantitative estimate of drug-likeness (QED) is 0.184. The Morgan fingerprint density at radius 2 is 0.966 bits per heavy atom. The van der Waals surface area contributed by atoms with Gasteiger partial charge in [-0.1, -0.05) is 90.2 Å². The van der Waals surface area contributed by atoms with Crippen LogP contribution >= 0.6 is 0 Å². The van der Waals surface area contributed by atoms with Crippen LogP contribution in [-0.2, 0) is 9.47 Å². The van der Waals surface area contributed by atoms with E-state index in [-0.39, 0.29) is 8.41 Å². The smallest absolute Gasteiger partial charge is 0.339 e. The second-order valence-corrected chi connectivity index (χ2v) is 7.35. The SMILES string of the molecule is CCCCCCCCOC(=O)c1ccccc1C(=O)OCCCCCCCC.[B]. The molecule has 1 aromatic rings. The van der Waals surface area contributed by atoms with E-state index in [2.05, 4.69) is 13.8 Å². The van der Waals surface area contributed by atoms with Gasteiger partial charge in [0.05, 0.1) is 24.3 Å². The molecule has 161 valence electrons. The highest BCUT2D eigenvalue weighted by atomic mass is 16.5. The second kappa shape index (κ2) is 18.3. The zero-order chi connectivity index (χ0) is 20.5. The number of ether oxygens (including phenoxy) is 2. The molecule has 0 aliphatic heterocycles. The number of benzene rings is 1. The largest absolute Gasteiger partial charge is 0.462 e. The van der Waals surface area contributed by atoms with Crippen molar-refractivity contribution in [3.8, 4) is 0 Å². The van der Waals surface area contributed by atoms with E-state index in [9.17, 15) is 9.59 Å². The zero-order valence-corrected chi connectivity index (χ0v) is 18.4. The number of carbonyl (C=O) groups is 2. The van der Waals surface area contributed by atoms with Crippen molar-refractivity contribution in [3.63, 3.8) is 0 Å². The van der Waals surface area contributed by atoms with Gasteiger partial charge in [0.1, 0.15) is 0 Å². The molecule has 0 bridgehead atoms. The summed E-state index contributed by atoms with van der Waals surface area (Å²) in [4.78, 5) is 24.7. The van der Waals surface area contributed by atoms with Crippen molar-refractivity contribution in [2.24, 2.45) is 0 Å². The number of rotatable bonds is 16. The van der Waals surface area contributed by atoms with Crippen LogP contribution in [0.25, 0.3) is 0 Å². The summed E-state index contributed by atoms with van der Waals surface area (Å²) in [5, 5.41) is 0. The third-order valence-electron chi connectivity index (χ3n) is 4.83. The monoisotopic (exact) mass is 401 g/mol. The highest BCUT2D eigenvalue weighted by Gasteiger charge is 2.18. The van der Waals surface area contributed by atoms with E-state index in [0.717, 1.165) is 25.7 Å². The van der Waals surface area contributed by atoms with Gasteiger partial charge in [0, 0.05) is 8.41 Å². The fourth-order valence-corrected chi connectivity index (χ4v) is 3.09. The van der Waals surface area contributed by atoms with Crippen molar-refractivity contribution in [1.82, 2.24) is 0 Å². The summed E-state index contributed by atoms with van der Waals surface area (Å²) >= 11 is 0. The Morgan fingerprint density at radius 3 is 1.34 bits per heavy atom. The molecule has 0 atom stereocenters. The number of esters is 2. The van der Waals surface area contributed by atoms with Crippen molar-refractivity contribution in [1.29, 1.82) is 0 Å². The Morgan fingerprint density at radius 1 is 0.621 bits per heavy atom. The van der Waals surface area contributed by atoms with E-state index in [1.807, 2.05) is 0 Å². The number of carbonyl (C=O) groups excluding carboxylic acids is 2. The van der Waals surface area contributed by atoms with Crippen LogP contribution in [0.3, 0.4) is 0 Å². The topological polar surface area (TPSA) is 52.6 Å². The maximum absolute atomic E-state index is 12.4. The molecule has 0 heterocycles. The molecular formula is C24H38BO4. The van der Waals surface area contributed by atoms with Gasteiger partial charge in [0.2, 0.25) is 0 Å². The number of hydrogen-bond acceptors (Lipinski definition) is 4. The summed E-state index contributed by atoms with van der Waals surface area (Å²) < 4.78 is 10.7. The molecule has 0 unspecified atom stereocenters. The second-order valence-electron chi connectivity index (χ2n) is 7.35. The Hall–Kier alpha value is -1.78. The molecule has 1 rings (SSSR count). The van der Waals surface area contributed by atoms with E-state index in [1.54, 1.807) is 24.3 Å². The van der Waals surface area contributed by atoms with Crippen LogP contribution in [0.1, 0.15) is 112 Å². The molecule has 3 radical (unpaired) electrons. The van der Waals surface area contributed by atoms with Crippen molar-refractivity contribution in [2.45, 2.75) is 90.9 Å². The van der Waals surface area contributed by atoms with Gasteiger partial charge in [-0.15, -0.1) is 0 Å². The van der Waals surface area contributed by atoms with Crippen LogP contribution in [-0.4, -0.2) is 33.6 Å². The summed E-state index contributed by atoms with van der Waals surface area (Å²) in [6.45, 7) is 5.17. The summed E-state index contributed by atoms with van der Waals surface area (Å²) in [5.74, 6) is -0.888. The zero-order valence-electron chi connectivity index (χ0n) is 18.4. The van der Waals surface area contributed by atoms with E-state index < -0.39 is 11.9 Å². The van der Waals surface area contributed by atoms with Crippen LogP contribution in [0.2, 0.25) is 0 Å². The predicted molar refractivity (Wildman–Crippen MR) is 120 cm³/mol. The summed E-state index contributed by atoms with van der Waals surface area (Å²) in [6, 6.07) is 6.74. The van der Waals surface area contributed by atoms with Crippen molar-refractivity contribution in [3.05, 3.63) is 35.4 Å². The lowest BCUT2D eigenvalue weighted by Crippen LogP contribution is -2.15. The fraction of sp³-hybridized carbons (Fsp3) is 0.667. The molecule has 0 saturated heterocycles. The maximum Gasteiger partial charge on any atom is 0.339 e. The van der Waals surface area contributed by atoms with Crippen LogP contribution in [0.15, 0.2) is 24.3 Å². The average molecular weight is 401 g/mol. The Balaban J connectivity index is 0.00000784. The van der Waals surface area contributed by atoms with E-state index >= 15 is 0 Å². The van der Waals surface area contributed by atoms with Crippen LogP contribution in [0.4, 0.5) is 0 Å². The van der Waals surface area contributed by atoms with Crippen molar-refractivity contribution < 1.29 is 19.1 Å². The third kappa shape index (κ3) is 12.4. The lowest BCUT2D eigenvalue weighted by atomic mass is 10.1. The molecule has 5 heteroatoms. The molecule has 0 saturated carbocycles. The normalized spacial score (nSPS) is 10.3. The summed E-state index contributed by atoms with van der Waals surface area (Å²) in [7, 11) is 0. The molecule has 0 aliphatic rings. The first-order valence-corrected chi connectivity index (χ1v) is 11.1. The minimum atomic E-state index is -0.444. The molecule has 0 spiro atoms. The standard InChI is InChI=1S/C24H38O4.B/c1-3-5-7-9-11-15-19-27-23(25)21-17-13-14-18-22(21)24(26)28-20-16-12-10-8-6-4-2;/h13-14,17-18H,3-12,15-16,19-20H2,1-2H3;. The minimum Gasteiger partial charge on any atom is -0.462 e. The fourth-order valence-electron chi connectivity index (χ4n) is 3.09. The molecule has 0 amide bonds. The van der Waals surface area contributed by atoms with Crippen LogP contribution < -0.4 is 0 Å². The molecule has 0 aliphatic carbocycles. The van der Waals surface area contributed by atoms with E-state index in [4.69, 9.17) is 9.47 Å². The molecule has 4 nitrogen and oxygen atoms in total. The van der Waals surface area contributed by atoms with Crippen molar-refractivity contribution in [2.75, 3.05) is 13.2 Å². The van der Waals surface area contributed by atoms with Gasteiger partial charge < -0.3 is 9.47 Å². The average Bonchev–Trinajstić information content (AvgIpc) is 2.72. The van der Waals surface area contributed by atoms with Gasteiger partial charge in [-0.25, -0.2) is 9.59 Å². The number of hydrogen-bond donors (Lipinski definition) is 0. The predicted octanol–water partition coefficient (Wildman–Crippen LogP) is 6.34. The van der Waals surface area contributed by atoms with E-state index in [1.165, 1.54) is 51.4 Å². The lowest BCUT2D eigenvalue weighted by Gasteiger charge is -2.10. The Kier molecular flexibility index (Phi) is 17.1. The minimum absolute atomic E-state index is 0.